The van der Waals surface area contributed by atoms with E-state index in [1.807, 2.05) is 19.1 Å². The van der Waals surface area contributed by atoms with E-state index in [4.69, 9.17) is 0 Å². The van der Waals surface area contributed by atoms with Crippen molar-refractivity contribution >= 4 is 0 Å². The van der Waals surface area contributed by atoms with Crippen LogP contribution in [0.4, 0.5) is 0 Å². The van der Waals surface area contributed by atoms with Gasteiger partial charge < -0.3 is 0 Å². The fourth-order valence-electron chi connectivity index (χ4n) is 3.61. The molecule has 0 amide bonds. The molecule has 0 spiro atoms. The summed E-state index contributed by atoms with van der Waals surface area (Å²) in [5.74, 6) is 0.472. The molecular weight excluding hydrogens is 340 g/mol. The van der Waals surface area contributed by atoms with Gasteiger partial charge in [-0.15, -0.1) is 0 Å². The molecular formula is C20H24N6O. The van der Waals surface area contributed by atoms with Crippen LogP contribution in [-0.4, -0.2) is 43.0 Å². The van der Waals surface area contributed by atoms with Crippen LogP contribution in [0.15, 0.2) is 47.5 Å². The number of piperidine rings is 1. The average molecular weight is 364 g/mol. The van der Waals surface area contributed by atoms with Gasteiger partial charge in [0, 0.05) is 42.8 Å². The minimum absolute atomic E-state index is 0.0396. The Bertz CT molecular complexity index is 940. The first-order valence-electron chi connectivity index (χ1n) is 9.39. The number of nitrogens with zero attached hydrogens (tertiary/aromatic N) is 5. The van der Waals surface area contributed by atoms with Crippen molar-refractivity contribution in [1.82, 2.24) is 29.9 Å². The summed E-state index contributed by atoms with van der Waals surface area (Å²) in [6.07, 6.45) is 5.61. The summed E-state index contributed by atoms with van der Waals surface area (Å²) in [6, 6.07) is 9.30. The number of aryl methyl sites for hydroxylation is 1. The predicted octanol–water partition coefficient (Wildman–Crippen LogP) is 2.25. The lowest BCUT2D eigenvalue weighted by molar-refractivity contribution is 0.162. The molecule has 4 rings (SSSR count). The number of hydrogen-bond donors (Lipinski definition) is 1. The van der Waals surface area contributed by atoms with E-state index in [0.29, 0.717) is 12.5 Å². The topological polar surface area (TPSA) is 79.7 Å². The molecule has 1 aliphatic heterocycles. The number of H-pyrrole nitrogens is 1. The van der Waals surface area contributed by atoms with Crippen molar-refractivity contribution < 1.29 is 0 Å². The highest BCUT2D eigenvalue weighted by atomic mass is 16.1. The maximum Gasteiger partial charge on any atom is 0.266 e. The monoisotopic (exact) mass is 364 g/mol. The Morgan fingerprint density at radius 1 is 1.15 bits per heavy atom. The number of nitrogens with one attached hydrogen (secondary N) is 1. The number of pyridine rings is 1. The van der Waals surface area contributed by atoms with E-state index in [1.165, 1.54) is 0 Å². The summed E-state index contributed by atoms with van der Waals surface area (Å²) in [7, 11) is 0. The van der Waals surface area contributed by atoms with Crippen molar-refractivity contribution in [1.29, 1.82) is 0 Å². The van der Waals surface area contributed by atoms with Crippen LogP contribution in [-0.2, 0) is 13.1 Å². The van der Waals surface area contributed by atoms with Crippen molar-refractivity contribution in [2.75, 3.05) is 13.1 Å². The molecule has 1 N–H and O–H groups in total. The summed E-state index contributed by atoms with van der Waals surface area (Å²) < 4.78 is 1.62. The van der Waals surface area contributed by atoms with Crippen LogP contribution in [0, 0.1) is 12.8 Å². The Morgan fingerprint density at radius 2 is 1.93 bits per heavy atom. The minimum Gasteiger partial charge on any atom is -0.297 e. The van der Waals surface area contributed by atoms with Crippen molar-refractivity contribution in [2.45, 2.75) is 32.9 Å². The molecule has 0 atom stereocenters. The highest BCUT2D eigenvalue weighted by Gasteiger charge is 2.21. The molecule has 3 aromatic heterocycles. The van der Waals surface area contributed by atoms with E-state index in [2.05, 4.69) is 31.2 Å². The van der Waals surface area contributed by atoms with Crippen LogP contribution < -0.4 is 5.56 Å². The zero-order valence-electron chi connectivity index (χ0n) is 15.5. The molecule has 7 nitrogen and oxygen atoms in total. The second-order valence-corrected chi connectivity index (χ2v) is 7.24. The zero-order valence-corrected chi connectivity index (χ0v) is 15.5. The van der Waals surface area contributed by atoms with Crippen LogP contribution >= 0.6 is 0 Å². The van der Waals surface area contributed by atoms with E-state index in [1.54, 1.807) is 29.2 Å². The molecule has 0 aromatic carbocycles. The molecule has 1 fully saturated rings. The molecule has 0 aliphatic carbocycles. The molecule has 1 saturated heterocycles. The van der Waals surface area contributed by atoms with E-state index in [-0.39, 0.29) is 5.56 Å². The third-order valence-corrected chi connectivity index (χ3v) is 5.13. The molecule has 0 radical (unpaired) electrons. The maximum atomic E-state index is 12.3. The van der Waals surface area contributed by atoms with Crippen LogP contribution in [0.25, 0.3) is 11.3 Å². The number of aromatic amines is 1. The number of likely N-dealkylation sites (tertiary alicyclic amines) is 1. The quantitative estimate of drug-likeness (QED) is 0.751. The van der Waals surface area contributed by atoms with Crippen molar-refractivity contribution in [2.24, 2.45) is 5.92 Å². The Morgan fingerprint density at radius 3 is 2.63 bits per heavy atom. The Hall–Kier alpha value is -2.80. The van der Waals surface area contributed by atoms with Gasteiger partial charge in [0.25, 0.3) is 5.56 Å². The van der Waals surface area contributed by atoms with Crippen molar-refractivity contribution in [3.63, 3.8) is 0 Å². The Labute approximate surface area is 158 Å². The van der Waals surface area contributed by atoms with Gasteiger partial charge in [-0.2, -0.15) is 10.2 Å². The summed E-state index contributed by atoms with van der Waals surface area (Å²) in [5, 5.41) is 11.9. The van der Waals surface area contributed by atoms with E-state index in [9.17, 15) is 4.79 Å². The lowest BCUT2D eigenvalue weighted by atomic mass is 9.96. The van der Waals surface area contributed by atoms with Gasteiger partial charge in [0.2, 0.25) is 0 Å². The standard InChI is InChI=1S/C20H24N6O/c1-15-12-18(23-22-15)14-25-10-6-16(7-11-25)13-26-20(27)3-2-19(24-26)17-4-8-21-9-5-17/h2-5,8-9,12,16H,6-7,10-11,13-14H2,1H3,(H,22,23). The molecule has 0 bridgehead atoms. The molecule has 3 aromatic rings. The molecule has 0 saturated carbocycles. The average Bonchev–Trinajstić information content (AvgIpc) is 3.10. The summed E-state index contributed by atoms with van der Waals surface area (Å²) in [6.45, 7) is 5.62. The Balaban J connectivity index is 1.38. The van der Waals surface area contributed by atoms with E-state index >= 15 is 0 Å². The van der Waals surface area contributed by atoms with E-state index in [0.717, 1.165) is 55.1 Å². The van der Waals surface area contributed by atoms with Crippen molar-refractivity contribution in [3.8, 4) is 11.3 Å². The molecule has 140 valence electrons. The molecule has 1 aliphatic rings. The minimum atomic E-state index is -0.0396. The first-order chi connectivity index (χ1) is 13.2. The predicted molar refractivity (Wildman–Crippen MR) is 103 cm³/mol. The highest BCUT2D eigenvalue weighted by molar-refractivity contribution is 5.56. The summed E-state index contributed by atoms with van der Waals surface area (Å²) >= 11 is 0. The number of rotatable bonds is 5. The largest absolute Gasteiger partial charge is 0.297 e. The summed E-state index contributed by atoms with van der Waals surface area (Å²) in [4.78, 5) is 18.7. The van der Waals surface area contributed by atoms with Gasteiger partial charge in [-0.25, -0.2) is 4.68 Å². The lowest BCUT2D eigenvalue weighted by Gasteiger charge is -2.31. The fraction of sp³-hybridized carbons (Fsp3) is 0.400. The smallest absolute Gasteiger partial charge is 0.266 e. The van der Waals surface area contributed by atoms with E-state index < -0.39 is 0 Å². The highest BCUT2D eigenvalue weighted by Crippen LogP contribution is 2.20. The second-order valence-electron chi connectivity index (χ2n) is 7.24. The third kappa shape index (κ3) is 4.31. The van der Waals surface area contributed by atoms with Gasteiger partial charge in [-0.1, -0.05) is 0 Å². The zero-order chi connectivity index (χ0) is 18.6. The van der Waals surface area contributed by atoms with Gasteiger partial charge >= 0.3 is 0 Å². The molecule has 0 unspecified atom stereocenters. The van der Waals surface area contributed by atoms with Gasteiger partial charge in [-0.05, 0) is 63.0 Å². The maximum absolute atomic E-state index is 12.3. The molecule has 7 heteroatoms. The SMILES string of the molecule is Cc1cc(CN2CCC(Cn3nc(-c4ccncc4)ccc3=O)CC2)n[nH]1. The van der Waals surface area contributed by atoms with Crippen molar-refractivity contribution in [3.05, 3.63) is 64.5 Å². The number of aromatic nitrogens is 5. The first-order valence-corrected chi connectivity index (χ1v) is 9.39. The molecule has 27 heavy (non-hydrogen) atoms. The third-order valence-electron chi connectivity index (χ3n) is 5.13. The van der Waals surface area contributed by atoms with Gasteiger partial charge in [0.05, 0.1) is 11.4 Å². The van der Waals surface area contributed by atoms with Crippen LogP contribution in [0.1, 0.15) is 24.2 Å². The van der Waals surface area contributed by atoms with Crippen LogP contribution in [0.3, 0.4) is 0 Å². The Kier molecular flexibility index (Phi) is 5.11. The first kappa shape index (κ1) is 17.6. The second kappa shape index (κ2) is 7.84. The normalized spacial score (nSPS) is 15.9. The number of hydrogen-bond acceptors (Lipinski definition) is 5. The van der Waals surface area contributed by atoms with Gasteiger partial charge in [0.15, 0.2) is 0 Å². The lowest BCUT2D eigenvalue weighted by Crippen LogP contribution is -2.36. The van der Waals surface area contributed by atoms with Crippen LogP contribution in [0.5, 0.6) is 0 Å². The summed E-state index contributed by atoms with van der Waals surface area (Å²) in [5.41, 5.74) is 3.93. The van der Waals surface area contributed by atoms with Crippen LogP contribution in [0.2, 0.25) is 0 Å². The fourth-order valence-corrected chi connectivity index (χ4v) is 3.61. The molecule has 4 heterocycles. The van der Waals surface area contributed by atoms with Gasteiger partial charge in [0.1, 0.15) is 0 Å². The van der Waals surface area contributed by atoms with Gasteiger partial charge in [-0.3, -0.25) is 19.8 Å².